The Balaban J connectivity index is 2.62. The molecule has 0 amide bonds. The quantitative estimate of drug-likeness (QED) is 0.778. The van der Waals surface area contributed by atoms with Gasteiger partial charge in [-0.05, 0) is 6.42 Å². The Kier molecular flexibility index (Phi) is 2.68. The minimum atomic E-state index is -0.187. The van der Waals surface area contributed by atoms with Crippen LogP contribution in [0.15, 0.2) is 11.1 Å². The van der Waals surface area contributed by atoms with Crippen LogP contribution in [-0.4, -0.2) is 19.5 Å². The summed E-state index contributed by atoms with van der Waals surface area (Å²) in [6.45, 7) is 2.73. The van der Waals surface area contributed by atoms with Crippen molar-refractivity contribution in [2.45, 2.75) is 26.3 Å². The van der Waals surface area contributed by atoms with Gasteiger partial charge in [-0.15, -0.1) is 0 Å². The summed E-state index contributed by atoms with van der Waals surface area (Å²) in [7, 11) is 0. The normalized spacial score (nSPS) is 11.0. The van der Waals surface area contributed by atoms with E-state index < -0.39 is 0 Å². The van der Waals surface area contributed by atoms with Crippen LogP contribution in [0, 0.1) is 4.64 Å². The molecular formula is C9H12N4OS. The third-order valence-corrected chi connectivity index (χ3v) is 2.73. The molecule has 6 heteroatoms. The first kappa shape index (κ1) is 10.1. The lowest BCUT2D eigenvalue weighted by Crippen LogP contribution is -2.23. The number of hydrogen-bond donors (Lipinski definition) is 2. The number of H-pyrrole nitrogens is 2. The number of aromatic nitrogens is 4. The summed E-state index contributed by atoms with van der Waals surface area (Å²) in [6, 6.07) is 0. The second kappa shape index (κ2) is 3.98. The van der Waals surface area contributed by atoms with Crippen LogP contribution in [0.2, 0.25) is 0 Å². The predicted molar refractivity (Wildman–Crippen MR) is 60.4 cm³/mol. The van der Waals surface area contributed by atoms with Crippen molar-refractivity contribution in [2.75, 3.05) is 0 Å². The minimum Gasteiger partial charge on any atom is -0.341 e. The fourth-order valence-electron chi connectivity index (χ4n) is 1.47. The number of rotatable bonds is 3. The zero-order valence-electron chi connectivity index (χ0n) is 8.41. The van der Waals surface area contributed by atoms with Crippen molar-refractivity contribution in [3.8, 4) is 0 Å². The first-order valence-corrected chi connectivity index (χ1v) is 5.31. The van der Waals surface area contributed by atoms with Crippen LogP contribution in [0.4, 0.5) is 0 Å². The van der Waals surface area contributed by atoms with Crippen molar-refractivity contribution < 1.29 is 0 Å². The Morgan fingerprint density at radius 2 is 2.40 bits per heavy atom. The van der Waals surface area contributed by atoms with Crippen LogP contribution >= 0.6 is 12.2 Å². The average Bonchev–Trinajstić information content (AvgIpc) is 2.65. The fourth-order valence-corrected chi connectivity index (χ4v) is 1.80. The van der Waals surface area contributed by atoms with Crippen LogP contribution in [-0.2, 0) is 6.54 Å². The van der Waals surface area contributed by atoms with Gasteiger partial charge in [-0.1, -0.05) is 25.6 Å². The monoisotopic (exact) mass is 224 g/mol. The van der Waals surface area contributed by atoms with Crippen LogP contribution in [0.5, 0.6) is 0 Å². The Morgan fingerprint density at radius 3 is 3.13 bits per heavy atom. The Morgan fingerprint density at radius 1 is 1.60 bits per heavy atom. The van der Waals surface area contributed by atoms with Gasteiger partial charge in [0.2, 0.25) is 0 Å². The molecule has 0 spiro atoms. The number of imidazole rings is 1. The van der Waals surface area contributed by atoms with Gasteiger partial charge >= 0.3 is 5.69 Å². The van der Waals surface area contributed by atoms with Crippen molar-refractivity contribution in [1.29, 1.82) is 0 Å². The number of nitrogens with zero attached hydrogens (tertiary/aromatic N) is 2. The number of unbranched alkanes of at least 4 members (excludes halogenated alkanes) is 1. The molecule has 0 radical (unpaired) electrons. The van der Waals surface area contributed by atoms with Crippen molar-refractivity contribution >= 4 is 23.4 Å². The molecule has 0 aliphatic heterocycles. The summed E-state index contributed by atoms with van der Waals surface area (Å²) in [5.41, 5.74) is 1.06. The lowest BCUT2D eigenvalue weighted by molar-refractivity contribution is 0.597. The summed E-state index contributed by atoms with van der Waals surface area (Å²) in [4.78, 5) is 21.2. The third kappa shape index (κ3) is 1.72. The summed E-state index contributed by atoms with van der Waals surface area (Å²) >= 11 is 5.22. The molecule has 0 aliphatic carbocycles. The predicted octanol–water partition coefficient (Wildman–Crippen LogP) is 1.58. The van der Waals surface area contributed by atoms with Crippen molar-refractivity contribution in [2.24, 2.45) is 0 Å². The van der Waals surface area contributed by atoms with E-state index in [1.165, 1.54) is 6.33 Å². The maximum atomic E-state index is 11.6. The molecule has 0 bridgehead atoms. The van der Waals surface area contributed by atoms with E-state index in [1.54, 1.807) is 4.57 Å². The smallest absolute Gasteiger partial charge is 0.328 e. The number of fused-ring (bicyclic) bond motifs is 1. The lowest BCUT2D eigenvalue weighted by atomic mass is 10.3. The standard InChI is InChI=1S/C9H12N4OS/c1-2-3-4-13-8(15)6-7(11-5-10-6)12-9(13)14/h5H,2-4H2,1H3,(H,10,11)(H,12,14). The second-order valence-electron chi connectivity index (χ2n) is 3.37. The second-order valence-corrected chi connectivity index (χ2v) is 3.75. The third-order valence-electron chi connectivity index (χ3n) is 2.30. The van der Waals surface area contributed by atoms with Gasteiger partial charge in [0, 0.05) is 6.54 Å². The van der Waals surface area contributed by atoms with Gasteiger partial charge in [-0.25, -0.2) is 9.78 Å². The van der Waals surface area contributed by atoms with Gasteiger partial charge in [0.1, 0.15) is 10.2 Å². The Labute approximate surface area is 91.2 Å². The fraction of sp³-hybridized carbons (Fsp3) is 0.444. The van der Waals surface area contributed by atoms with Gasteiger partial charge in [-0.3, -0.25) is 9.55 Å². The van der Waals surface area contributed by atoms with Crippen LogP contribution in [0.25, 0.3) is 11.2 Å². The van der Waals surface area contributed by atoms with Gasteiger partial charge in [-0.2, -0.15) is 0 Å². The molecular weight excluding hydrogens is 212 g/mol. The van der Waals surface area contributed by atoms with Crippen molar-refractivity contribution in [3.63, 3.8) is 0 Å². The van der Waals surface area contributed by atoms with Crippen molar-refractivity contribution in [3.05, 3.63) is 21.5 Å². The first-order valence-electron chi connectivity index (χ1n) is 4.90. The number of aromatic amines is 2. The van der Waals surface area contributed by atoms with E-state index in [9.17, 15) is 4.79 Å². The Hall–Kier alpha value is -1.43. The molecule has 2 aromatic heterocycles. The highest BCUT2D eigenvalue weighted by Crippen LogP contribution is 2.05. The molecule has 0 saturated heterocycles. The molecule has 2 aromatic rings. The molecule has 0 fully saturated rings. The number of hydrogen-bond acceptors (Lipinski definition) is 3. The van der Waals surface area contributed by atoms with Crippen LogP contribution < -0.4 is 5.69 Å². The zero-order chi connectivity index (χ0) is 10.8. The van der Waals surface area contributed by atoms with Gasteiger partial charge in [0.15, 0.2) is 5.65 Å². The Bertz CT molecular complexity index is 580. The highest BCUT2D eigenvalue weighted by molar-refractivity contribution is 7.71. The maximum Gasteiger partial charge on any atom is 0.328 e. The summed E-state index contributed by atoms with van der Waals surface area (Å²) in [6.07, 6.45) is 3.50. The summed E-state index contributed by atoms with van der Waals surface area (Å²) in [5, 5.41) is 0. The molecule has 5 nitrogen and oxygen atoms in total. The molecule has 0 unspecified atom stereocenters. The van der Waals surface area contributed by atoms with Gasteiger partial charge in [0.05, 0.1) is 6.33 Å². The van der Waals surface area contributed by atoms with Crippen LogP contribution in [0.3, 0.4) is 0 Å². The highest BCUT2D eigenvalue weighted by atomic mass is 32.1. The summed E-state index contributed by atoms with van der Waals surface area (Å²) in [5.74, 6) is 0. The minimum absolute atomic E-state index is 0.187. The lowest BCUT2D eigenvalue weighted by Gasteiger charge is -2.03. The van der Waals surface area contributed by atoms with E-state index in [4.69, 9.17) is 12.2 Å². The molecule has 2 N–H and O–H groups in total. The number of nitrogens with one attached hydrogen (secondary N) is 2. The van der Waals surface area contributed by atoms with Crippen LogP contribution in [0.1, 0.15) is 19.8 Å². The average molecular weight is 224 g/mol. The maximum absolute atomic E-state index is 11.6. The SMILES string of the molecule is CCCCn1c(=O)[nH]c2nc[nH]c2c1=S. The van der Waals surface area contributed by atoms with E-state index in [-0.39, 0.29) is 5.69 Å². The van der Waals surface area contributed by atoms with E-state index in [0.717, 1.165) is 18.4 Å². The molecule has 0 aliphatic rings. The molecule has 15 heavy (non-hydrogen) atoms. The highest BCUT2D eigenvalue weighted by Gasteiger charge is 2.05. The van der Waals surface area contributed by atoms with E-state index in [0.29, 0.717) is 16.8 Å². The van der Waals surface area contributed by atoms with E-state index in [1.807, 2.05) is 0 Å². The zero-order valence-corrected chi connectivity index (χ0v) is 9.23. The molecule has 2 heterocycles. The summed E-state index contributed by atoms with van der Waals surface area (Å²) < 4.78 is 2.10. The molecule has 0 saturated carbocycles. The molecule has 0 aromatic carbocycles. The van der Waals surface area contributed by atoms with Crippen molar-refractivity contribution in [1.82, 2.24) is 19.5 Å². The first-order chi connectivity index (χ1) is 7.24. The molecule has 2 rings (SSSR count). The van der Waals surface area contributed by atoms with Gasteiger partial charge < -0.3 is 4.98 Å². The molecule has 80 valence electrons. The molecule has 0 atom stereocenters. The topological polar surface area (TPSA) is 66.5 Å². The van der Waals surface area contributed by atoms with E-state index >= 15 is 0 Å². The largest absolute Gasteiger partial charge is 0.341 e. The van der Waals surface area contributed by atoms with E-state index in [2.05, 4.69) is 21.9 Å². The van der Waals surface area contributed by atoms with Gasteiger partial charge in [0.25, 0.3) is 0 Å².